The Morgan fingerprint density at radius 3 is 2.35 bits per heavy atom. The minimum atomic E-state index is -0.229. The molecule has 1 aliphatic heterocycles. The fourth-order valence-electron chi connectivity index (χ4n) is 2.79. The number of halogens is 1. The lowest BCUT2D eigenvalue weighted by molar-refractivity contribution is -0.121. The van der Waals surface area contributed by atoms with Gasteiger partial charge in [-0.2, -0.15) is 0 Å². The predicted molar refractivity (Wildman–Crippen MR) is 112 cm³/mol. The number of rotatable bonds is 7. The van der Waals surface area contributed by atoms with E-state index in [4.69, 9.17) is 4.74 Å². The summed E-state index contributed by atoms with van der Waals surface area (Å²) >= 11 is 0. The summed E-state index contributed by atoms with van der Waals surface area (Å²) in [5.41, 5.74) is 0. The molecule has 1 heterocycles. The second-order valence-electron chi connectivity index (χ2n) is 6.55. The molecule has 2 amide bonds. The molecular weight excluding hydrogens is 449 g/mol. The Labute approximate surface area is 172 Å². The molecule has 26 heavy (non-hydrogen) atoms. The molecule has 0 atom stereocenters. The monoisotopic (exact) mass is 481 g/mol. The van der Waals surface area contributed by atoms with Crippen LogP contribution in [0.2, 0.25) is 0 Å². The average molecular weight is 481 g/mol. The lowest BCUT2D eigenvalue weighted by Crippen LogP contribution is -2.50. The van der Waals surface area contributed by atoms with Crippen LogP contribution in [-0.4, -0.2) is 68.2 Å². The van der Waals surface area contributed by atoms with Crippen LogP contribution in [-0.2, 0) is 9.53 Å². The van der Waals surface area contributed by atoms with Crippen LogP contribution in [0.5, 0.6) is 0 Å². The Morgan fingerprint density at radius 2 is 1.77 bits per heavy atom. The highest BCUT2D eigenvalue weighted by atomic mass is 127. The zero-order chi connectivity index (χ0) is 18.1. The van der Waals surface area contributed by atoms with E-state index in [1.165, 1.54) is 0 Å². The van der Waals surface area contributed by atoms with E-state index in [2.05, 4.69) is 20.9 Å². The molecular formula is C17H32IN5O3. The third-order valence-electron chi connectivity index (χ3n) is 4.40. The van der Waals surface area contributed by atoms with Crippen molar-refractivity contribution in [2.24, 2.45) is 4.99 Å². The largest absolute Gasteiger partial charge is 0.450 e. The van der Waals surface area contributed by atoms with E-state index in [0.717, 1.165) is 38.1 Å². The Kier molecular flexibility index (Phi) is 10.7. The molecule has 150 valence electrons. The summed E-state index contributed by atoms with van der Waals surface area (Å²) < 4.78 is 5.03. The molecule has 0 aromatic heterocycles. The molecule has 0 unspecified atom stereocenters. The maximum Gasteiger partial charge on any atom is 0.409 e. The fraction of sp³-hybridized carbons (Fsp3) is 0.824. The summed E-state index contributed by atoms with van der Waals surface area (Å²) in [5, 5.41) is 9.62. The zero-order valence-electron chi connectivity index (χ0n) is 15.8. The number of aliphatic imine (C=N–C) groups is 1. The topological polar surface area (TPSA) is 95.1 Å². The van der Waals surface area contributed by atoms with Crippen LogP contribution in [0.1, 0.15) is 45.4 Å². The first-order valence-electron chi connectivity index (χ1n) is 9.30. The highest BCUT2D eigenvalue weighted by Crippen LogP contribution is 2.18. The second-order valence-corrected chi connectivity index (χ2v) is 6.55. The number of nitrogens with one attached hydrogen (secondary N) is 3. The van der Waals surface area contributed by atoms with Gasteiger partial charge in [-0.3, -0.25) is 9.79 Å². The summed E-state index contributed by atoms with van der Waals surface area (Å²) in [6.07, 6.45) is 5.06. The van der Waals surface area contributed by atoms with Gasteiger partial charge in [-0.15, -0.1) is 24.0 Å². The van der Waals surface area contributed by atoms with Crippen molar-refractivity contribution in [3.8, 4) is 0 Å². The van der Waals surface area contributed by atoms with Gasteiger partial charge in [-0.1, -0.05) is 0 Å². The number of carbonyl (C=O) groups is 2. The van der Waals surface area contributed by atoms with Crippen molar-refractivity contribution in [3.63, 3.8) is 0 Å². The normalized spacial score (nSPS) is 17.9. The van der Waals surface area contributed by atoms with Crippen LogP contribution in [0.25, 0.3) is 0 Å². The predicted octanol–water partition coefficient (Wildman–Crippen LogP) is 1.45. The zero-order valence-corrected chi connectivity index (χ0v) is 18.1. The van der Waals surface area contributed by atoms with Crippen LogP contribution in [0.15, 0.2) is 4.99 Å². The molecule has 3 N–H and O–H groups in total. The van der Waals surface area contributed by atoms with Crippen molar-refractivity contribution in [1.29, 1.82) is 0 Å². The number of amides is 2. The summed E-state index contributed by atoms with van der Waals surface area (Å²) in [6.45, 7) is 4.31. The number of guanidine groups is 1. The number of likely N-dealkylation sites (tertiary alicyclic amines) is 1. The van der Waals surface area contributed by atoms with Gasteiger partial charge in [0, 0.05) is 45.2 Å². The molecule has 0 aromatic rings. The van der Waals surface area contributed by atoms with Gasteiger partial charge in [0.2, 0.25) is 5.91 Å². The van der Waals surface area contributed by atoms with Gasteiger partial charge in [-0.05, 0) is 39.0 Å². The van der Waals surface area contributed by atoms with Crippen molar-refractivity contribution in [1.82, 2.24) is 20.9 Å². The number of nitrogens with zero attached hydrogens (tertiary/aromatic N) is 2. The maximum atomic E-state index is 11.7. The Balaban J connectivity index is 0.00000338. The third-order valence-corrected chi connectivity index (χ3v) is 4.40. The lowest BCUT2D eigenvalue weighted by atomic mass is 10.1. The van der Waals surface area contributed by atoms with Crippen LogP contribution >= 0.6 is 24.0 Å². The molecule has 1 saturated heterocycles. The van der Waals surface area contributed by atoms with E-state index in [-0.39, 0.29) is 42.0 Å². The van der Waals surface area contributed by atoms with Gasteiger partial charge >= 0.3 is 6.09 Å². The lowest BCUT2D eigenvalue weighted by Gasteiger charge is -2.32. The Morgan fingerprint density at radius 1 is 1.12 bits per heavy atom. The van der Waals surface area contributed by atoms with Crippen molar-refractivity contribution < 1.29 is 14.3 Å². The number of carbonyl (C=O) groups excluding carboxylic acids is 2. The van der Waals surface area contributed by atoms with Crippen LogP contribution in [0, 0.1) is 0 Å². The highest BCUT2D eigenvalue weighted by molar-refractivity contribution is 14.0. The summed E-state index contributed by atoms with van der Waals surface area (Å²) in [7, 11) is 1.74. The molecule has 0 aromatic carbocycles. The molecule has 1 aliphatic carbocycles. The summed E-state index contributed by atoms with van der Waals surface area (Å²) in [4.78, 5) is 29.3. The highest BCUT2D eigenvalue weighted by Gasteiger charge is 2.24. The van der Waals surface area contributed by atoms with Crippen molar-refractivity contribution in [2.75, 3.05) is 33.3 Å². The number of ether oxygens (including phenoxy) is 1. The first-order chi connectivity index (χ1) is 12.1. The summed E-state index contributed by atoms with van der Waals surface area (Å²) in [6, 6.07) is 0.713. The van der Waals surface area contributed by atoms with Crippen molar-refractivity contribution >= 4 is 41.9 Å². The quantitative estimate of drug-likeness (QED) is 0.222. The van der Waals surface area contributed by atoms with Gasteiger partial charge in [0.25, 0.3) is 0 Å². The van der Waals surface area contributed by atoms with E-state index in [9.17, 15) is 9.59 Å². The number of piperidine rings is 1. The standard InChI is InChI=1S/C17H31N5O3.HI/c1-3-25-17(24)22-11-8-14(9-12-22)21-16(18-2)19-10-4-5-15(23)20-13-6-7-13;/h13-14H,3-12H2,1-2H3,(H,20,23)(H2,18,19,21);1H. The van der Waals surface area contributed by atoms with Gasteiger partial charge in [0.05, 0.1) is 6.61 Å². The van der Waals surface area contributed by atoms with E-state index in [1.54, 1.807) is 11.9 Å². The first-order valence-corrected chi connectivity index (χ1v) is 9.30. The molecule has 0 radical (unpaired) electrons. The Bertz CT molecular complexity index is 477. The van der Waals surface area contributed by atoms with E-state index in [0.29, 0.717) is 38.7 Å². The second kappa shape index (κ2) is 12.2. The van der Waals surface area contributed by atoms with Crippen LogP contribution in [0.4, 0.5) is 4.79 Å². The molecule has 9 heteroatoms. The molecule has 0 bridgehead atoms. The number of hydrogen-bond donors (Lipinski definition) is 3. The number of hydrogen-bond acceptors (Lipinski definition) is 4. The smallest absolute Gasteiger partial charge is 0.409 e. The molecule has 0 spiro atoms. The average Bonchev–Trinajstić information content (AvgIpc) is 3.42. The van der Waals surface area contributed by atoms with E-state index < -0.39 is 0 Å². The van der Waals surface area contributed by atoms with Crippen molar-refractivity contribution in [3.05, 3.63) is 0 Å². The van der Waals surface area contributed by atoms with E-state index >= 15 is 0 Å². The minimum absolute atomic E-state index is 0. The Hall–Kier alpha value is -1.26. The SMILES string of the molecule is CCOC(=O)N1CCC(NC(=NC)NCCCC(=O)NC2CC2)CC1.I. The van der Waals surface area contributed by atoms with Gasteiger partial charge in [0.15, 0.2) is 5.96 Å². The molecule has 2 rings (SSSR count). The third kappa shape index (κ3) is 8.41. The van der Waals surface area contributed by atoms with Crippen LogP contribution < -0.4 is 16.0 Å². The molecule has 8 nitrogen and oxygen atoms in total. The summed E-state index contributed by atoms with van der Waals surface area (Å²) in [5.74, 6) is 0.885. The minimum Gasteiger partial charge on any atom is -0.450 e. The van der Waals surface area contributed by atoms with Crippen molar-refractivity contribution in [2.45, 2.75) is 57.5 Å². The maximum absolute atomic E-state index is 11.7. The first kappa shape index (κ1) is 22.8. The molecule has 2 fully saturated rings. The molecule has 1 saturated carbocycles. The van der Waals surface area contributed by atoms with Gasteiger partial charge < -0.3 is 25.6 Å². The van der Waals surface area contributed by atoms with Gasteiger partial charge in [0.1, 0.15) is 0 Å². The van der Waals surface area contributed by atoms with Gasteiger partial charge in [-0.25, -0.2) is 4.79 Å². The van der Waals surface area contributed by atoms with E-state index in [1.807, 2.05) is 6.92 Å². The molecule has 2 aliphatic rings. The van der Waals surface area contributed by atoms with Crippen LogP contribution in [0.3, 0.4) is 0 Å². The fourth-order valence-corrected chi connectivity index (χ4v) is 2.79.